The predicted octanol–water partition coefficient (Wildman–Crippen LogP) is 2.40. The summed E-state index contributed by atoms with van der Waals surface area (Å²) in [5.74, 6) is 0.579. The molecular weight excluding hydrogens is 272 g/mol. The van der Waals surface area contributed by atoms with Crippen LogP contribution in [0.25, 0.3) is 0 Å². The molecule has 4 nitrogen and oxygen atoms in total. The van der Waals surface area contributed by atoms with Crippen molar-refractivity contribution in [3.05, 3.63) is 41.3 Å². The molecule has 0 aliphatic heterocycles. The number of hydrogen-bond donors (Lipinski definition) is 0. The number of benzene rings is 1. The molecule has 94 valence electrons. The van der Waals surface area contributed by atoms with E-state index < -0.39 is 9.84 Å². The number of rotatable bonds is 4. The summed E-state index contributed by atoms with van der Waals surface area (Å²) in [7, 11) is -2.12. The first-order chi connectivity index (χ1) is 8.59. The Labute approximate surface area is 109 Å². The highest BCUT2D eigenvalue weighted by molar-refractivity contribution is 7.93. The maximum atomic E-state index is 12.3. The third kappa shape index (κ3) is 2.16. The monoisotopic (exact) mass is 282 g/mol. The first-order valence-electron chi connectivity index (χ1n) is 5.01. The maximum Gasteiger partial charge on any atom is 0.216 e. The molecule has 0 bridgehead atoms. The van der Waals surface area contributed by atoms with Crippen LogP contribution in [0.3, 0.4) is 0 Å². The lowest BCUT2D eigenvalue weighted by molar-refractivity contribution is 0.112. The van der Waals surface area contributed by atoms with Crippen LogP contribution in [0.15, 0.2) is 44.8 Å². The number of ether oxygens (including phenoxy) is 1. The van der Waals surface area contributed by atoms with E-state index in [2.05, 4.69) is 0 Å². The van der Waals surface area contributed by atoms with Gasteiger partial charge in [0.05, 0.1) is 12.0 Å². The van der Waals surface area contributed by atoms with Crippen LogP contribution < -0.4 is 4.74 Å². The Bertz CT molecular complexity index is 654. The van der Waals surface area contributed by atoms with E-state index in [1.165, 1.54) is 25.3 Å². The van der Waals surface area contributed by atoms with Crippen molar-refractivity contribution < 1.29 is 17.9 Å². The van der Waals surface area contributed by atoms with Gasteiger partial charge < -0.3 is 4.74 Å². The van der Waals surface area contributed by atoms with Crippen molar-refractivity contribution in [1.29, 1.82) is 0 Å². The lowest BCUT2D eigenvalue weighted by Crippen LogP contribution is -2.02. The molecule has 0 aliphatic carbocycles. The van der Waals surface area contributed by atoms with Crippen molar-refractivity contribution in [3.63, 3.8) is 0 Å². The molecule has 0 aliphatic rings. The molecule has 6 heteroatoms. The fourth-order valence-corrected chi connectivity index (χ4v) is 4.16. The lowest BCUT2D eigenvalue weighted by Gasteiger charge is -2.04. The Morgan fingerprint density at radius 3 is 2.39 bits per heavy atom. The van der Waals surface area contributed by atoms with Gasteiger partial charge in [-0.15, -0.1) is 11.3 Å². The summed E-state index contributed by atoms with van der Waals surface area (Å²) >= 11 is 1.04. The van der Waals surface area contributed by atoms with E-state index in [-0.39, 0.29) is 14.7 Å². The van der Waals surface area contributed by atoms with Gasteiger partial charge in [0.25, 0.3) is 0 Å². The normalized spacial score (nSPS) is 11.2. The molecule has 1 aromatic heterocycles. The van der Waals surface area contributed by atoms with Gasteiger partial charge in [-0.3, -0.25) is 4.79 Å². The smallest absolute Gasteiger partial charge is 0.216 e. The van der Waals surface area contributed by atoms with Crippen LogP contribution >= 0.6 is 11.3 Å². The van der Waals surface area contributed by atoms with Gasteiger partial charge in [0.2, 0.25) is 9.84 Å². The highest BCUT2D eigenvalue weighted by atomic mass is 32.2. The summed E-state index contributed by atoms with van der Waals surface area (Å²) in [5, 5.41) is 1.58. The number of sulfone groups is 1. The summed E-state index contributed by atoms with van der Waals surface area (Å²) in [6.45, 7) is 0. The summed E-state index contributed by atoms with van der Waals surface area (Å²) in [6, 6.07) is 7.56. The highest BCUT2D eigenvalue weighted by Crippen LogP contribution is 2.29. The Morgan fingerprint density at radius 2 is 1.83 bits per heavy atom. The predicted molar refractivity (Wildman–Crippen MR) is 68.2 cm³/mol. The van der Waals surface area contributed by atoms with Crippen molar-refractivity contribution in [2.24, 2.45) is 0 Å². The lowest BCUT2D eigenvalue weighted by atomic mass is 10.3. The molecule has 18 heavy (non-hydrogen) atoms. The third-order valence-electron chi connectivity index (χ3n) is 2.40. The molecule has 0 radical (unpaired) electrons. The van der Waals surface area contributed by atoms with E-state index in [1.807, 2.05) is 0 Å². The van der Waals surface area contributed by atoms with Gasteiger partial charge >= 0.3 is 0 Å². The highest BCUT2D eigenvalue weighted by Gasteiger charge is 2.22. The molecule has 1 heterocycles. The van der Waals surface area contributed by atoms with Crippen molar-refractivity contribution in [3.8, 4) is 5.75 Å². The largest absolute Gasteiger partial charge is 0.497 e. The molecule has 0 amide bonds. The molecule has 0 saturated heterocycles. The van der Waals surface area contributed by atoms with Crippen LogP contribution in [0.4, 0.5) is 0 Å². The second-order valence-electron chi connectivity index (χ2n) is 3.46. The topological polar surface area (TPSA) is 60.4 Å². The summed E-state index contributed by atoms with van der Waals surface area (Å²) in [4.78, 5) is 10.9. The van der Waals surface area contributed by atoms with E-state index in [4.69, 9.17) is 4.74 Å². The molecule has 2 aromatic rings. The summed E-state index contributed by atoms with van der Waals surface area (Å²) in [5.41, 5.74) is 0.191. The van der Waals surface area contributed by atoms with E-state index in [0.717, 1.165) is 11.3 Å². The Balaban J connectivity index is 2.51. The first kappa shape index (κ1) is 12.8. The molecule has 0 atom stereocenters. The molecule has 0 fully saturated rings. The van der Waals surface area contributed by atoms with Crippen LogP contribution in [0.1, 0.15) is 10.4 Å². The number of aldehydes is 1. The van der Waals surface area contributed by atoms with Crippen molar-refractivity contribution in [1.82, 2.24) is 0 Å². The van der Waals surface area contributed by atoms with Gasteiger partial charge in [-0.2, -0.15) is 0 Å². The molecule has 2 rings (SSSR count). The number of methoxy groups -OCH3 is 1. The van der Waals surface area contributed by atoms with Crippen molar-refractivity contribution in [2.45, 2.75) is 9.10 Å². The Morgan fingerprint density at radius 1 is 1.17 bits per heavy atom. The van der Waals surface area contributed by atoms with Crippen molar-refractivity contribution in [2.75, 3.05) is 7.11 Å². The SMILES string of the molecule is COc1ccc(S(=O)(=O)c2sccc2C=O)cc1. The molecule has 0 N–H and O–H groups in total. The molecule has 0 saturated carbocycles. The zero-order chi connectivity index (χ0) is 13.2. The number of hydrogen-bond acceptors (Lipinski definition) is 5. The van der Waals surface area contributed by atoms with Gasteiger partial charge in [0.1, 0.15) is 9.96 Å². The average Bonchev–Trinajstić information content (AvgIpc) is 2.88. The van der Waals surface area contributed by atoms with Crippen LogP contribution in [0, 0.1) is 0 Å². The van der Waals surface area contributed by atoms with Gasteiger partial charge in [0, 0.05) is 5.56 Å². The average molecular weight is 282 g/mol. The third-order valence-corrected chi connectivity index (χ3v) is 5.68. The summed E-state index contributed by atoms with van der Waals surface area (Å²) in [6.07, 6.45) is 0.549. The van der Waals surface area contributed by atoms with Crippen LogP contribution in [0.2, 0.25) is 0 Å². The van der Waals surface area contributed by atoms with Crippen LogP contribution in [-0.4, -0.2) is 21.8 Å². The standard InChI is InChI=1S/C12H10O4S2/c1-16-10-2-4-11(5-3-10)18(14,15)12-9(8-13)6-7-17-12/h2-8H,1H3. The first-order valence-corrected chi connectivity index (χ1v) is 7.37. The van der Waals surface area contributed by atoms with Gasteiger partial charge in [-0.25, -0.2) is 8.42 Å². The minimum atomic E-state index is -3.63. The van der Waals surface area contributed by atoms with Crippen LogP contribution in [0.5, 0.6) is 5.75 Å². The quantitative estimate of drug-likeness (QED) is 0.808. The number of carbonyl (C=O) groups excluding carboxylic acids is 1. The van der Waals surface area contributed by atoms with E-state index in [1.54, 1.807) is 17.5 Å². The molecule has 0 unspecified atom stereocenters. The van der Waals surface area contributed by atoms with E-state index in [0.29, 0.717) is 12.0 Å². The van der Waals surface area contributed by atoms with Gasteiger partial charge in [-0.1, -0.05) is 0 Å². The fraction of sp³-hybridized carbons (Fsp3) is 0.0833. The second-order valence-corrected chi connectivity index (χ2v) is 6.52. The van der Waals surface area contributed by atoms with Crippen LogP contribution in [-0.2, 0) is 9.84 Å². The fourth-order valence-electron chi connectivity index (χ4n) is 1.47. The van der Waals surface area contributed by atoms with Crippen molar-refractivity contribution >= 4 is 27.5 Å². The maximum absolute atomic E-state index is 12.3. The number of carbonyl (C=O) groups is 1. The van der Waals surface area contributed by atoms with E-state index in [9.17, 15) is 13.2 Å². The Hall–Kier alpha value is -1.66. The summed E-state index contributed by atoms with van der Waals surface area (Å²) < 4.78 is 29.6. The Kier molecular flexibility index (Phi) is 3.49. The van der Waals surface area contributed by atoms with Gasteiger partial charge in [0.15, 0.2) is 6.29 Å². The minimum absolute atomic E-state index is 0.0719. The molecular formula is C12H10O4S2. The zero-order valence-corrected chi connectivity index (χ0v) is 11.1. The second kappa shape index (κ2) is 4.91. The van der Waals surface area contributed by atoms with Gasteiger partial charge in [-0.05, 0) is 35.7 Å². The molecule has 0 spiro atoms. The van der Waals surface area contributed by atoms with E-state index >= 15 is 0 Å². The number of thiophene rings is 1. The molecule has 1 aromatic carbocycles. The minimum Gasteiger partial charge on any atom is -0.497 e. The zero-order valence-electron chi connectivity index (χ0n) is 9.49.